The van der Waals surface area contributed by atoms with Crippen LogP contribution in [0.3, 0.4) is 0 Å². The Bertz CT molecular complexity index is 528. The van der Waals surface area contributed by atoms with Crippen LogP contribution in [-0.4, -0.2) is 16.9 Å². The standard InChI is InChI=1S/C12H14FN3O2/c1-8-12(16-18-15-8)7-17-11-5-9(2-3-14)4-10(13)6-11/h4-6H,2-3,7,14H2,1H3. The Balaban J connectivity index is 2.07. The second kappa shape index (κ2) is 5.59. The fraction of sp³-hybridized carbons (Fsp3) is 0.333. The van der Waals surface area contributed by atoms with E-state index >= 15 is 0 Å². The number of hydrogen-bond donors (Lipinski definition) is 1. The van der Waals surface area contributed by atoms with Crippen LogP contribution in [0.15, 0.2) is 22.8 Å². The monoisotopic (exact) mass is 251 g/mol. The number of aryl methyl sites for hydroxylation is 1. The summed E-state index contributed by atoms with van der Waals surface area (Å²) in [7, 11) is 0. The van der Waals surface area contributed by atoms with Gasteiger partial charge in [-0.25, -0.2) is 9.02 Å². The van der Waals surface area contributed by atoms with Gasteiger partial charge in [-0.05, 0) is 37.6 Å². The molecule has 18 heavy (non-hydrogen) atoms. The maximum absolute atomic E-state index is 13.3. The number of hydrogen-bond acceptors (Lipinski definition) is 5. The highest BCUT2D eigenvalue weighted by Gasteiger charge is 2.07. The topological polar surface area (TPSA) is 74.2 Å². The van der Waals surface area contributed by atoms with Crippen molar-refractivity contribution < 1.29 is 13.8 Å². The van der Waals surface area contributed by atoms with Crippen LogP contribution in [0.5, 0.6) is 5.75 Å². The van der Waals surface area contributed by atoms with Crippen LogP contribution in [0, 0.1) is 12.7 Å². The Labute approximate surface area is 104 Å². The molecule has 6 heteroatoms. The Morgan fingerprint density at radius 2 is 2.17 bits per heavy atom. The van der Waals surface area contributed by atoms with E-state index in [-0.39, 0.29) is 12.4 Å². The second-order valence-corrected chi connectivity index (χ2v) is 3.92. The molecule has 2 N–H and O–H groups in total. The van der Waals surface area contributed by atoms with E-state index in [0.717, 1.165) is 5.56 Å². The number of halogens is 1. The van der Waals surface area contributed by atoms with Crippen LogP contribution < -0.4 is 10.5 Å². The quantitative estimate of drug-likeness (QED) is 0.873. The molecule has 0 radical (unpaired) electrons. The predicted octanol–water partition coefficient (Wildman–Crippen LogP) is 1.60. The van der Waals surface area contributed by atoms with Crippen LogP contribution in [-0.2, 0) is 13.0 Å². The van der Waals surface area contributed by atoms with Crippen molar-refractivity contribution in [2.45, 2.75) is 20.0 Å². The minimum Gasteiger partial charge on any atom is -0.487 e. The van der Waals surface area contributed by atoms with Gasteiger partial charge in [0.05, 0.1) is 0 Å². The molecule has 2 rings (SSSR count). The lowest BCUT2D eigenvalue weighted by Crippen LogP contribution is -2.04. The van der Waals surface area contributed by atoms with E-state index in [1.807, 2.05) is 0 Å². The van der Waals surface area contributed by atoms with Gasteiger partial charge in [0.15, 0.2) is 0 Å². The number of nitrogens with zero attached hydrogens (tertiary/aromatic N) is 2. The van der Waals surface area contributed by atoms with Crippen molar-refractivity contribution in [1.82, 2.24) is 10.3 Å². The summed E-state index contributed by atoms with van der Waals surface area (Å²) in [6.45, 7) is 2.43. The molecule has 0 aliphatic carbocycles. The molecule has 0 saturated carbocycles. The molecule has 5 nitrogen and oxygen atoms in total. The summed E-state index contributed by atoms with van der Waals surface area (Å²) in [5, 5.41) is 7.32. The molecule has 2 aromatic rings. The Hall–Kier alpha value is -1.95. The van der Waals surface area contributed by atoms with Crippen LogP contribution in [0.25, 0.3) is 0 Å². The van der Waals surface area contributed by atoms with Gasteiger partial charge in [-0.2, -0.15) is 0 Å². The molecular formula is C12H14FN3O2. The van der Waals surface area contributed by atoms with Gasteiger partial charge in [0.1, 0.15) is 29.6 Å². The highest BCUT2D eigenvalue weighted by Crippen LogP contribution is 2.18. The molecule has 0 fully saturated rings. The van der Waals surface area contributed by atoms with Gasteiger partial charge in [0.2, 0.25) is 0 Å². The van der Waals surface area contributed by atoms with E-state index < -0.39 is 0 Å². The van der Waals surface area contributed by atoms with E-state index in [9.17, 15) is 4.39 Å². The first-order chi connectivity index (χ1) is 8.69. The third-order valence-electron chi connectivity index (χ3n) is 2.49. The lowest BCUT2D eigenvalue weighted by molar-refractivity contribution is 0.269. The van der Waals surface area contributed by atoms with Crippen LogP contribution >= 0.6 is 0 Å². The molecule has 0 saturated heterocycles. The first kappa shape index (κ1) is 12.5. The average Bonchev–Trinajstić information content (AvgIpc) is 2.72. The van der Waals surface area contributed by atoms with Crippen molar-refractivity contribution in [2.75, 3.05) is 6.54 Å². The molecule has 0 amide bonds. The predicted molar refractivity (Wildman–Crippen MR) is 62.5 cm³/mol. The van der Waals surface area contributed by atoms with Crippen molar-refractivity contribution in [3.05, 3.63) is 41.0 Å². The Kier molecular flexibility index (Phi) is 3.88. The van der Waals surface area contributed by atoms with Gasteiger partial charge < -0.3 is 10.5 Å². The lowest BCUT2D eigenvalue weighted by Gasteiger charge is -2.07. The smallest absolute Gasteiger partial charge is 0.145 e. The van der Waals surface area contributed by atoms with Crippen molar-refractivity contribution in [3.8, 4) is 5.75 Å². The molecule has 0 unspecified atom stereocenters. The molecule has 1 heterocycles. The highest BCUT2D eigenvalue weighted by molar-refractivity contribution is 5.30. The molecule has 0 aliphatic heterocycles. The molecule has 96 valence electrons. The first-order valence-electron chi connectivity index (χ1n) is 5.59. The molecule has 0 spiro atoms. The van der Waals surface area contributed by atoms with Crippen LogP contribution in [0.1, 0.15) is 17.0 Å². The number of ether oxygens (including phenoxy) is 1. The SMILES string of the molecule is Cc1nonc1COc1cc(F)cc(CCN)c1. The zero-order chi connectivity index (χ0) is 13.0. The van der Waals surface area contributed by atoms with Gasteiger partial charge >= 0.3 is 0 Å². The zero-order valence-electron chi connectivity index (χ0n) is 10.0. The molecule has 1 aromatic carbocycles. The maximum atomic E-state index is 13.3. The minimum absolute atomic E-state index is 0.195. The normalized spacial score (nSPS) is 10.6. The largest absolute Gasteiger partial charge is 0.487 e. The van der Waals surface area contributed by atoms with Gasteiger partial charge in [-0.15, -0.1) is 0 Å². The number of rotatable bonds is 5. The molecule has 0 atom stereocenters. The summed E-state index contributed by atoms with van der Waals surface area (Å²) in [5.74, 6) is 0.104. The molecule has 0 bridgehead atoms. The van der Waals surface area contributed by atoms with Gasteiger partial charge in [0.25, 0.3) is 0 Å². The number of nitrogens with two attached hydrogens (primary N) is 1. The summed E-state index contributed by atoms with van der Waals surface area (Å²) in [6.07, 6.45) is 0.610. The van der Waals surface area contributed by atoms with Crippen molar-refractivity contribution in [1.29, 1.82) is 0 Å². The van der Waals surface area contributed by atoms with E-state index in [4.69, 9.17) is 10.5 Å². The first-order valence-corrected chi connectivity index (χ1v) is 5.59. The van der Waals surface area contributed by atoms with E-state index in [0.29, 0.717) is 30.1 Å². The summed E-state index contributed by atoms with van der Waals surface area (Å²) in [5.41, 5.74) is 7.50. The Morgan fingerprint density at radius 3 is 2.83 bits per heavy atom. The van der Waals surface area contributed by atoms with Crippen LogP contribution in [0.2, 0.25) is 0 Å². The zero-order valence-corrected chi connectivity index (χ0v) is 10.0. The van der Waals surface area contributed by atoms with Crippen molar-refractivity contribution >= 4 is 0 Å². The second-order valence-electron chi connectivity index (χ2n) is 3.92. The molecular weight excluding hydrogens is 237 g/mol. The summed E-state index contributed by atoms with van der Waals surface area (Å²) >= 11 is 0. The highest BCUT2D eigenvalue weighted by atomic mass is 19.1. The number of aromatic nitrogens is 2. The lowest BCUT2D eigenvalue weighted by atomic mass is 10.1. The summed E-state index contributed by atoms with van der Waals surface area (Å²) in [6, 6.07) is 4.53. The average molecular weight is 251 g/mol. The maximum Gasteiger partial charge on any atom is 0.145 e. The van der Waals surface area contributed by atoms with E-state index in [1.54, 1.807) is 13.0 Å². The third-order valence-corrected chi connectivity index (χ3v) is 2.49. The minimum atomic E-state index is -0.342. The van der Waals surface area contributed by atoms with Gasteiger partial charge in [0, 0.05) is 6.07 Å². The number of benzene rings is 1. The van der Waals surface area contributed by atoms with Crippen molar-refractivity contribution in [3.63, 3.8) is 0 Å². The molecule has 1 aromatic heterocycles. The van der Waals surface area contributed by atoms with Gasteiger partial charge in [-0.3, -0.25) is 0 Å². The fourth-order valence-electron chi connectivity index (χ4n) is 1.55. The fourth-order valence-corrected chi connectivity index (χ4v) is 1.55. The van der Waals surface area contributed by atoms with E-state index in [1.165, 1.54) is 12.1 Å². The van der Waals surface area contributed by atoms with E-state index in [2.05, 4.69) is 14.9 Å². The summed E-state index contributed by atoms with van der Waals surface area (Å²) in [4.78, 5) is 0. The summed E-state index contributed by atoms with van der Waals surface area (Å²) < 4.78 is 23.3. The molecule has 0 aliphatic rings. The Morgan fingerprint density at radius 1 is 1.33 bits per heavy atom. The van der Waals surface area contributed by atoms with Gasteiger partial charge in [-0.1, -0.05) is 10.3 Å². The van der Waals surface area contributed by atoms with Crippen molar-refractivity contribution in [2.24, 2.45) is 5.73 Å². The third kappa shape index (κ3) is 3.04. The van der Waals surface area contributed by atoms with Crippen LogP contribution in [0.4, 0.5) is 4.39 Å².